The molecule has 0 aliphatic rings. The van der Waals surface area contributed by atoms with E-state index in [-0.39, 0.29) is 18.6 Å². The maximum Gasteiger partial charge on any atom is 0.310 e. The number of ether oxygens (including phenoxy) is 1. The van der Waals surface area contributed by atoms with E-state index in [0.29, 0.717) is 33.1 Å². The molecule has 1 aromatic carbocycles. The van der Waals surface area contributed by atoms with Crippen molar-refractivity contribution in [3.8, 4) is 11.1 Å². The molecule has 0 unspecified atom stereocenters. The van der Waals surface area contributed by atoms with Crippen LogP contribution >= 0.6 is 0 Å². The number of aromatic nitrogens is 3. The Morgan fingerprint density at radius 2 is 2.07 bits per heavy atom. The van der Waals surface area contributed by atoms with E-state index >= 15 is 0 Å². The minimum absolute atomic E-state index is 0.174. The van der Waals surface area contributed by atoms with Gasteiger partial charge in [0.2, 0.25) is 0 Å². The normalized spacial score (nSPS) is 11.2. The Bertz CT molecular complexity index is 1210. The van der Waals surface area contributed by atoms with Gasteiger partial charge in [-0.25, -0.2) is 4.39 Å². The second-order valence-corrected chi connectivity index (χ2v) is 6.10. The largest absolute Gasteiger partial charge is 0.466 e. The Kier molecular flexibility index (Phi) is 4.19. The number of carbonyl (C=O) groups excluding carboxylic acids is 1. The molecule has 4 rings (SSSR count). The molecular formula is C20H16FN3O3. The molecule has 3 heterocycles. The average molecular weight is 365 g/mol. The van der Waals surface area contributed by atoms with Crippen molar-refractivity contribution in [2.45, 2.75) is 13.3 Å². The topological polar surface area (TPSA) is 87.8 Å². The number of nitrogens with one attached hydrogen (secondary N) is 2. The van der Waals surface area contributed by atoms with Crippen LogP contribution in [0.4, 0.5) is 4.39 Å². The number of hydrogen-bond donors (Lipinski definition) is 2. The summed E-state index contributed by atoms with van der Waals surface area (Å²) in [6.45, 7) is 1.94. The monoisotopic (exact) mass is 365 g/mol. The van der Waals surface area contributed by atoms with Gasteiger partial charge in [0, 0.05) is 40.0 Å². The first kappa shape index (κ1) is 17.0. The number of pyridine rings is 2. The predicted octanol–water partition coefficient (Wildman–Crippen LogP) is 3.32. The molecule has 4 aromatic rings. The van der Waals surface area contributed by atoms with Crippen molar-refractivity contribution in [2.24, 2.45) is 0 Å². The molecule has 0 aliphatic heterocycles. The van der Waals surface area contributed by atoms with Crippen molar-refractivity contribution in [3.05, 3.63) is 64.5 Å². The first-order valence-corrected chi connectivity index (χ1v) is 8.50. The molecule has 27 heavy (non-hydrogen) atoms. The fourth-order valence-electron chi connectivity index (χ4n) is 3.29. The van der Waals surface area contributed by atoms with Crippen LogP contribution in [-0.4, -0.2) is 27.5 Å². The molecule has 136 valence electrons. The van der Waals surface area contributed by atoms with E-state index in [1.54, 1.807) is 31.5 Å². The zero-order chi connectivity index (χ0) is 19.0. The summed E-state index contributed by atoms with van der Waals surface area (Å²) in [5.74, 6) is -0.891. The molecule has 0 saturated heterocycles. The number of hydrogen-bond acceptors (Lipinski definition) is 4. The minimum atomic E-state index is -0.491. The van der Waals surface area contributed by atoms with Crippen LogP contribution < -0.4 is 5.56 Å². The average Bonchev–Trinajstić information content (AvgIpc) is 3.00. The van der Waals surface area contributed by atoms with Gasteiger partial charge in [0.25, 0.3) is 5.56 Å². The van der Waals surface area contributed by atoms with Gasteiger partial charge in [-0.1, -0.05) is 6.07 Å². The van der Waals surface area contributed by atoms with E-state index in [1.807, 2.05) is 6.07 Å². The molecular weight excluding hydrogens is 349 g/mol. The van der Waals surface area contributed by atoms with Gasteiger partial charge in [-0.15, -0.1) is 0 Å². The molecule has 3 aromatic heterocycles. The number of fused-ring (bicyclic) bond motifs is 3. The summed E-state index contributed by atoms with van der Waals surface area (Å²) in [6.07, 6.45) is 3.07. The highest BCUT2D eigenvalue weighted by Gasteiger charge is 2.20. The predicted molar refractivity (Wildman–Crippen MR) is 100.0 cm³/mol. The van der Waals surface area contributed by atoms with Crippen LogP contribution in [-0.2, 0) is 16.0 Å². The van der Waals surface area contributed by atoms with Crippen molar-refractivity contribution in [3.63, 3.8) is 0 Å². The van der Waals surface area contributed by atoms with Gasteiger partial charge in [0.05, 0.1) is 24.1 Å². The number of H-pyrrole nitrogens is 2. The number of carbonyl (C=O) groups is 1. The lowest BCUT2D eigenvalue weighted by atomic mass is 9.99. The van der Waals surface area contributed by atoms with Gasteiger partial charge < -0.3 is 14.7 Å². The number of benzene rings is 1. The van der Waals surface area contributed by atoms with Gasteiger partial charge in [-0.3, -0.25) is 14.6 Å². The van der Waals surface area contributed by atoms with E-state index < -0.39 is 17.3 Å². The lowest BCUT2D eigenvalue weighted by Gasteiger charge is -2.10. The molecule has 0 saturated carbocycles. The van der Waals surface area contributed by atoms with Crippen LogP contribution in [0.3, 0.4) is 0 Å². The molecule has 0 spiro atoms. The van der Waals surface area contributed by atoms with Crippen LogP contribution in [0.5, 0.6) is 0 Å². The highest BCUT2D eigenvalue weighted by atomic mass is 19.1. The fraction of sp³-hybridized carbons (Fsp3) is 0.150. The van der Waals surface area contributed by atoms with Crippen molar-refractivity contribution < 1.29 is 13.9 Å². The summed E-state index contributed by atoms with van der Waals surface area (Å²) in [5.41, 5.74) is 2.89. The summed E-state index contributed by atoms with van der Waals surface area (Å²) in [5, 5.41) is 0.565. The molecule has 0 bridgehead atoms. The molecule has 0 aliphatic carbocycles. The smallest absolute Gasteiger partial charge is 0.310 e. The number of nitrogens with zero attached hydrogens (tertiary/aromatic N) is 1. The molecule has 0 amide bonds. The summed E-state index contributed by atoms with van der Waals surface area (Å²) in [6, 6.07) is 7.88. The maximum atomic E-state index is 13.7. The van der Waals surface area contributed by atoms with Crippen LogP contribution in [0.25, 0.3) is 33.1 Å². The maximum absolute atomic E-state index is 13.7. The zero-order valence-electron chi connectivity index (χ0n) is 14.5. The summed E-state index contributed by atoms with van der Waals surface area (Å²) in [4.78, 5) is 35.0. The van der Waals surface area contributed by atoms with E-state index in [2.05, 4.69) is 15.0 Å². The zero-order valence-corrected chi connectivity index (χ0v) is 14.5. The Labute approximate surface area is 153 Å². The molecule has 6 nitrogen and oxygen atoms in total. The van der Waals surface area contributed by atoms with Crippen LogP contribution in [0, 0.1) is 5.82 Å². The van der Waals surface area contributed by atoms with Crippen LogP contribution in [0.1, 0.15) is 12.5 Å². The third kappa shape index (κ3) is 2.97. The third-order valence-corrected chi connectivity index (χ3v) is 4.40. The summed E-state index contributed by atoms with van der Waals surface area (Å²) >= 11 is 0. The number of rotatable bonds is 4. The van der Waals surface area contributed by atoms with Gasteiger partial charge in [-0.2, -0.15) is 0 Å². The molecule has 0 radical (unpaired) electrons. The molecule has 7 heteroatoms. The standard InChI is InChI=1S/C20H16FN3O3/c1-2-27-16(25)9-14-17(11-4-3-7-22-10-11)19-18(24-20(14)26)13-8-12(21)5-6-15(13)23-19/h3-8,10,23H,2,9H2,1H3,(H,24,26). The van der Waals surface area contributed by atoms with Crippen molar-refractivity contribution in [1.82, 2.24) is 15.0 Å². The molecule has 2 N–H and O–H groups in total. The van der Waals surface area contributed by atoms with E-state index in [9.17, 15) is 14.0 Å². The Morgan fingerprint density at radius 1 is 1.22 bits per heavy atom. The van der Waals surface area contributed by atoms with E-state index in [0.717, 1.165) is 0 Å². The van der Waals surface area contributed by atoms with Gasteiger partial charge in [0.15, 0.2) is 0 Å². The van der Waals surface area contributed by atoms with E-state index in [1.165, 1.54) is 12.1 Å². The molecule has 0 fully saturated rings. The van der Waals surface area contributed by atoms with Crippen molar-refractivity contribution in [1.29, 1.82) is 0 Å². The Balaban J connectivity index is 2.07. The quantitative estimate of drug-likeness (QED) is 0.543. The van der Waals surface area contributed by atoms with E-state index in [4.69, 9.17) is 4.74 Å². The number of halogens is 1. The van der Waals surface area contributed by atoms with Gasteiger partial charge >= 0.3 is 5.97 Å². The fourth-order valence-corrected chi connectivity index (χ4v) is 3.29. The van der Waals surface area contributed by atoms with Crippen molar-refractivity contribution >= 4 is 27.9 Å². The lowest BCUT2D eigenvalue weighted by Crippen LogP contribution is -2.19. The van der Waals surface area contributed by atoms with Gasteiger partial charge in [-0.05, 0) is 31.2 Å². The number of esters is 1. The minimum Gasteiger partial charge on any atom is -0.466 e. The number of aromatic amines is 2. The van der Waals surface area contributed by atoms with Crippen molar-refractivity contribution in [2.75, 3.05) is 6.61 Å². The first-order chi connectivity index (χ1) is 13.1. The highest BCUT2D eigenvalue weighted by Crippen LogP contribution is 2.33. The van der Waals surface area contributed by atoms with Gasteiger partial charge in [0.1, 0.15) is 5.82 Å². The lowest BCUT2D eigenvalue weighted by molar-refractivity contribution is -0.142. The highest BCUT2D eigenvalue weighted by molar-refractivity contribution is 6.10. The molecule has 0 atom stereocenters. The second-order valence-electron chi connectivity index (χ2n) is 6.10. The summed E-state index contributed by atoms with van der Waals surface area (Å²) < 4.78 is 18.7. The van der Waals surface area contributed by atoms with Crippen LogP contribution in [0.15, 0.2) is 47.5 Å². The van der Waals surface area contributed by atoms with Crippen LogP contribution in [0.2, 0.25) is 0 Å². The summed E-state index contributed by atoms with van der Waals surface area (Å²) in [7, 11) is 0. The SMILES string of the molecule is CCOC(=O)Cc1c(-c2cccnc2)c2[nH]c3ccc(F)cc3c2[nH]c1=O. The Hall–Kier alpha value is -3.48. The second kappa shape index (κ2) is 6.68. The first-order valence-electron chi connectivity index (χ1n) is 8.50. The third-order valence-electron chi connectivity index (χ3n) is 4.40. The Morgan fingerprint density at radius 3 is 2.81 bits per heavy atom.